The van der Waals surface area contributed by atoms with E-state index in [9.17, 15) is 13.2 Å². The van der Waals surface area contributed by atoms with E-state index in [-0.39, 0.29) is 23.5 Å². The molecule has 0 aliphatic carbocycles. The van der Waals surface area contributed by atoms with Crippen LogP contribution in [0.4, 0.5) is 0 Å². The molecule has 0 saturated carbocycles. The Morgan fingerprint density at radius 2 is 2.05 bits per heavy atom. The molecule has 3 rings (SSSR count). The summed E-state index contributed by atoms with van der Waals surface area (Å²) in [5, 5.41) is 4.51. The van der Waals surface area contributed by atoms with E-state index in [0.29, 0.717) is 0 Å². The van der Waals surface area contributed by atoms with Gasteiger partial charge in [0.2, 0.25) is 0 Å². The number of aromatic amines is 2. The standard InChI is InChI=1S/C13H15N3O3S/c1-8(14-10-4-5-20(18,19)7-10)9-2-3-11-12(6-9)16-13(17)15-11/h2-6,8,10,14H,7H2,1H3,(H2,15,16,17). The molecule has 2 unspecified atom stereocenters. The number of fused-ring (bicyclic) bond motifs is 1. The molecule has 7 heteroatoms. The summed E-state index contributed by atoms with van der Waals surface area (Å²) in [6.45, 7) is 1.96. The third-order valence-electron chi connectivity index (χ3n) is 3.43. The molecular formula is C13H15N3O3S. The fraction of sp³-hybridized carbons (Fsp3) is 0.308. The van der Waals surface area contributed by atoms with Crippen molar-refractivity contribution in [2.45, 2.75) is 19.0 Å². The number of nitrogens with one attached hydrogen (secondary N) is 3. The Hall–Kier alpha value is -1.86. The molecule has 0 fully saturated rings. The van der Waals surface area contributed by atoms with E-state index in [2.05, 4.69) is 15.3 Å². The molecular weight excluding hydrogens is 278 g/mol. The lowest BCUT2D eigenvalue weighted by atomic mass is 10.1. The Bertz CT molecular complexity index is 832. The van der Waals surface area contributed by atoms with E-state index in [1.807, 2.05) is 25.1 Å². The van der Waals surface area contributed by atoms with Gasteiger partial charge in [-0.25, -0.2) is 13.2 Å². The Morgan fingerprint density at radius 3 is 2.75 bits per heavy atom. The van der Waals surface area contributed by atoms with Crippen molar-refractivity contribution >= 4 is 20.9 Å². The zero-order valence-corrected chi connectivity index (χ0v) is 11.7. The van der Waals surface area contributed by atoms with Gasteiger partial charge in [0.15, 0.2) is 9.84 Å². The number of rotatable bonds is 3. The van der Waals surface area contributed by atoms with Crippen molar-refractivity contribution in [2.24, 2.45) is 0 Å². The van der Waals surface area contributed by atoms with E-state index < -0.39 is 9.84 Å². The van der Waals surface area contributed by atoms with E-state index in [1.54, 1.807) is 6.08 Å². The van der Waals surface area contributed by atoms with Crippen LogP contribution in [-0.4, -0.2) is 30.2 Å². The molecule has 1 aromatic heterocycles. The summed E-state index contributed by atoms with van der Waals surface area (Å²) >= 11 is 0. The molecule has 0 amide bonds. The maximum absolute atomic E-state index is 11.4. The lowest BCUT2D eigenvalue weighted by molar-refractivity contribution is 0.535. The monoisotopic (exact) mass is 293 g/mol. The van der Waals surface area contributed by atoms with Gasteiger partial charge in [0.1, 0.15) is 0 Å². The summed E-state index contributed by atoms with van der Waals surface area (Å²) in [6, 6.07) is 5.45. The van der Waals surface area contributed by atoms with Crippen LogP contribution in [-0.2, 0) is 9.84 Å². The highest BCUT2D eigenvalue weighted by Gasteiger charge is 2.23. The second kappa shape index (κ2) is 4.60. The first-order valence-corrected chi connectivity index (χ1v) is 8.03. The zero-order chi connectivity index (χ0) is 14.3. The number of imidazole rings is 1. The van der Waals surface area contributed by atoms with E-state index in [4.69, 9.17) is 0 Å². The first-order valence-electron chi connectivity index (χ1n) is 6.32. The van der Waals surface area contributed by atoms with Gasteiger partial charge in [-0.2, -0.15) is 0 Å². The largest absolute Gasteiger partial charge is 0.323 e. The fourth-order valence-electron chi connectivity index (χ4n) is 2.42. The van der Waals surface area contributed by atoms with Gasteiger partial charge in [-0.1, -0.05) is 12.1 Å². The Labute approximate surface area is 115 Å². The van der Waals surface area contributed by atoms with Crippen molar-refractivity contribution in [3.8, 4) is 0 Å². The quantitative estimate of drug-likeness (QED) is 0.780. The summed E-state index contributed by atoms with van der Waals surface area (Å²) in [5.74, 6) is 0.0978. The molecule has 2 atom stereocenters. The highest BCUT2D eigenvalue weighted by atomic mass is 32.2. The Morgan fingerprint density at radius 1 is 1.30 bits per heavy atom. The van der Waals surface area contributed by atoms with Gasteiger partial charge in [-0.15, -0.1) is 0 Å². The molecule has 0 bridgehead atoms. The Kier molecular flexibility index (Phi) is 3.02. The van der Waals surface area contributed by atoms with Gasteiger partial charge in [0.05, 0.1) is 16.8 Å². The van der Waals surface area contributed by atoms with E-state index in [0.717, 1.165) is 16.6 Å². The van der Waals surface area contributed by atoms with Gasteiger partial charge in [-0.3, -0.25) is 0 Å². The predicted molar refractivity (Wildman–Crippen MR) is 77.2 cm³/mol. The summed E-state index contributed by atoms with van der Waals surface area (Å²) in [4.78, 5) is 16.6. The number of H-pyrrole nitrogens is 2. The Balaban J connectivity index is 1.80. The van der Waals surface area contributed by atoms with Crippen molar-refractivity contribution < 1.29 is 8.42 Å². The minimum absolute atomic E-state index is 0.0132. The summed E-state index contributed by atoms with van der Waals surface area (Å²) in [5.41, 5.74) is 2.26. The van der Waals surface area contributed by atoms with Crippen molar-refractivity contribution in [3.05, 3.63) is 45.7 Å². The molecule has 6 nitrogen and oxygen atoms in total. The molecule has 0 radical (unpaired) electrons. The average Bonchev–Trinajstić information content (AvgIpc) is 2.89. The molecule has 106 valence electrons. The van der Waals surface area contributed by atoms with Crippen LogP contribution >= 0.6 is 0 Å². The van der Waals surface area contributed by atoms with Crippen molar-refractivity contribution in [3.63, 3.8) is 0 Å². The normalized spacial score (nSPS) is 22.4. The van der Waals surface area contributed by atoms with Crippen molar-refractivity contribution in [1.29, 1.82) is 0 Å². The van der Waals surface area contributed by atoms with Crippen LogP contribution in [0.5, 0.6) is 0 Å². The van der Waals surface area contributed by atoms with Crippen LogP contribution in [0.25, 0.3) is 11.0 Å². The van der Waals surface area contributed by atoms with Crippen LogP contribution in [0.2, 0.25) is 0 Å². The summed E-state index contributed by atoms with van der Waals surface area (Å²) < 4.78 is 22.7. The zero-order valence-electron chi connectivity index (χ0n) is 10.9. The fourth-order valence-corrected chi connectivity index (χ4v) is 3.66. The van der Waals surface area contributed by atoms with Gasteiger partial charge < -0.3 is 15.3 Å². The van der Waals surface area contributed by atoms with Gasteiger partial charge in [0, 0.05) is 17.5 Å². The molecule has 1 aliphatic heterocycles. The first kappa shape index (κ1) is 13.1. The van der Waals surface area contributed by atoms with Gasteiger partial charge >= 0.3 is 5.69 Å². The third kappa shape index (κ3) is 2.54. The average molecular weight is 293 g/mol. The molecule has 1 aromatic carbocycles. The minimum atomic E-state index is -3.05. The van der Waals surface area contributed by atoms with Gasteiger partial charge in [-0.05, 0) is 24.6 Å². The second-order valence-corrected chi connectivity index (χ2v) is 6.97. The van der Waals surface area contributed by atoms with E-state index >= 15 is 0 Å². The summed E-state index contributed by atoms with van der Waals surface area (Å²) in [6.07, 6.45) is 1.67. The smallest absolute Gasteiger partial charge is 0.306 e. The molecule has 0 saturated heterocycles. The lowest BCUT2D eigenvalue weighted by Gasteiger charge is -2.18. The van der Waals surface area contributed by atoms with Crippen LogP contribution in [0.3, 0.4) is 0 Å². The van der Waals surface area contributed by atoms with E-state index in [1.165, 1.54) is 5.41 Å². The second-order valence-electron chi connectivity index (χ2n) is 5.04. The number of benzene rings is 1. The SMILES string of the molecule is CC(NC1C=CS(=O)(=O)C1)c1ccc2[nH]c(=O)[nH]c2c1. The topological polar surface area (TPSA) is 94.8 Å². The number of hydrogen-bond acceptors (Lipinski definition) is 4. The maximum atomic E-state index is 11.4. The minimum Gasteiger partial charge on any atom is -0.306 e. The highest BCUT2D eigenvalue weighted by Crippen LogP contribution is 2.19. The van der Waals surface area contributed by atoms with Crippen molar-refractivity contribution in [2.75, 3.05) is 5.75 Å². The van der Waals surface area contributed by atoms with Crippen LogP contribution in [0, 0.1) is 0 Å². The third-order valence-corrected chi connectivity index (χ3v) is 4.83. The number of aromatic nitrogens is 2. The molecule has 1 aliphatic rings. The maximum Gasteiger partial charge on any atom is 0.323 e. The van der Waals surface area contributed by atoms with Crippen LogP contribution in [0.15, 0.2) is 34.5 Å². The molecule has 20 heavy (non-hydrogen) atoms. The molecule has 0 spiro atoms. The predicted octanol–water partition coefficient (Wildman–Crippen LogP) is 0.818. The van der Waals surface area contributed by atoms with Crippen molar-refractivity contribution in [1.82, 2.24) is 15.3 Å². The van der Waals surface area contributed by atoms with Gasteiger partial charge in [0.25, 0.3) is 0 Å². The summed E-state index contributed by atoms with van der Waals surface area (Å²) in [7, 11) is -3.05. The number of hydrogen-bond donors (Lipinski definition) is 3. The molecule has 2 heterocycles. The molecule has 2 aromatic rings. The van der Waals surface area contributed by atoms with Crippen LogP contribution in [0.1, 0.15) is 18.5 Å². The van der Waals surface area contributed by atoms with Crippen LogP contribution < -0.4 is 11.0 Å². The lowest BCUT2D eigenvalue weighted by Crippen LogP contribution is -2.32. The highest BCUT2D eigenvalue weighted by molar-refractivity contribution is 7.94. The molecule has 3 N–H and O–H groups in total. The number of sulfone groups is 1. The first-order chi connectivity index (χ1) is 9.43.